The highest BCUT2D eigenvalue weighted by atomic mass is 19.1. The van der Waals surface area contributed by atoms with Gasteiger partial charge in [-0.15, -0.1) is 0 Å². The van der Waals surface area contributed by atoms with Crippen LogP contribution in [0.4, 0.5) is 4.39 Å². The second-order valence-electron chi connectivity index (χ2n) is 4.94. The van der Waals surface area contributed by atoms with E-state index in [0.29, 0.717) is 0 Å². The fourth-order valence-corrected chi connectivity index (χ4v) is 2.38. The number of carboxylic acid groups (broad SMARTS) is 1. The van der Waals surface area contributed by atoms with Gasteiger partial charge in [0.05, 0.1) is 0 Å². The molecule has 1 radical (unpaired) electrons. The van der Waals surface area contributed by atoms with Crippen molar-refractivity contribution in [3.8, 4) is 0 Å². The fraction of sp³-hybridized carbons (Fsp3) is 0.727. The highest BCUT2D eigenvalue weighted by Gasteiger charge is 2.68. The summed E-state index contributed by atoms with van der Waals surface area (Å²) in [7, 11) is 0. The molecule has 0 aliphatic heterocycles. The minimum absolute atomic E-state index is 0.118. The summed E-state index contributed by atoms with van der Waals surface area (Å²) < 4.78 is 13.4. The van der Waals surface area contributed by atoms with Crippen LogP contribution in [0.1, 0.15) is 20.3 Å². The Kier molecular flexibility index (Phi) is 2.44. The molecule has 2 aliphatic rings. The van der Waals surface area contributed by atoms with Gasteiger partial charge in [-0.05, 0) is 12.3 Å². The molecule has 0 unspecified atom stereocenters. The van der Waals surface area contributed by atoms with E-state index in [0.717, 1.165) is 0 Å². The minimum atomic E-state index is -1.41. The molecular weight excluding hydrogens is 213 g/mol. The molecule has 4 atom stereocenters. The van der Waals surface area contributed by atoms with Gasteiger partial charge in [0.1, 0.15) is 11.7 Å². The molecular formula is C11H15FNO3. The van der Waals surface area contributed by atoms with Gasteiger partial charge < -0.3 is 10.4 Å². The second-order valence-corrected chi connectivity index (χ2v) is 4.94. The number of hydrogen-bond acceptors (Lipinski definition) is 2. The molecule has 0 heterocycles. The van der Waals surface area contributed by atoms with Crippen LogP contribution in [-0.2, 0) is 9.59 Å². The monoisotopic (exact) mass is 228 g/mol. The zero-order valence-electron chi connectivity index (χ0n) is 9.24. The molecule has 5 heteroatoms. The van der Waals surface area contributed by atoms with Crippen molar-refractivity contribution in [3.05, 3.63) is 6.42 Å². The molecule has 4 nitrogen and oxygen atoms in total. The smallest absolute Gasteiger partial charge is 0.329 e. The van der Waals surface area contributed by atoms with E-state index < -0.39 is 17.7 Å². The lowest BCUT2D eigenvalue weighted by Gasteiger charge is -2.28. The predicted molar refractivity (Wildman–Crippen MR) is 54.1 cm³/mol. The maximum Gasteiger partial charge on any atom is 0.329 e. The first kappa shape index (κ1) is 11.4. The Hall–Kier alpha value is -1.13. The van der Waals surface area contributed by atoms with Crippen LogP contribution in [0.2, 0.25) is 0 Å². The highest BCUT2D eigenvalue weighted by molar-refractivity contribution is 5.89. The number of nitrogens with one attached hydrogen (secondary N) is 1. The van der Waals surface area contributed by atoms with Crippen LogP contribution in [-0.4, -0.2) is 28.7 Å². The van der Waals surface area contributed by atoms with Crippen molar-refractivity contribution in [1.29, 1.82) is 0 Å². The zero-order valence-corrected chi connectivity index (χ0v) is 9.24. The standard InChI is InChI=1S/C11H15FNO3/c1-5(2)9(14)13-11(10(15)16)4-8(12)6-3-7(6)11/h3,5-8H,4H2,1-2H3,(H,13,14)(H,15,16)/t6-,7+,8+,11-/m0/s1. The van der Waals surface area contributed by atoms with Crippen LogP contribution < -0.4 is 5.32 Å². The van der Waals surface area contributed by atoms with E-state index in [1.807, 2.05) is 0 Å². The van der Waals surface area contributed by atoms with Gasteiger partial charge in [-0.2, -0.15) is 0 Å². The van der Waals surface area contributed by atoms with Gasteiger partial charge in [-0.25, -0.2) is 9.18 Å². The van der Waals surface area contributed by atoms with Crippen molar-refractivity contribution in [2.45, 2.75) is 32.0 Å². The van der Waals surface area contributed by atoms with Gasteiger partial charge in [-0.3, -0.25) is 4.79 Å². The Bertz CT molecular complexity index is 344. The van der Waals surface area contributed by atoms with E-state index in [9.17, 15) is 19.1 Å². The van der Waals surface area contributed by atoms with Gasteiger partial charge >= 0.3 is 5.97 Å². The molecule has 2 fully saturated rings. The molecule has 89 valence electrons. The molecule has 2 rings (SSSR count). The summed E-state index contributed by atoms with van der Waals surface area (Å²) in [6.45, 7) is 3.36. The van der Waals surface area contributed by atoms with Crippen molar-refractivity contribution in [2.75, 3.05) is 0 Å². The number of alkyl halides is 1. The molecule has 2 N–H and O–H groups in total. The third-order valence-electron chi connectivity index (χ3n) is 3.46. The number of fused-ring (bicyclic) bond motifs is 1. The number of aliphatic carboxylic acids is 1. The van der Waals surface area contributed by atoms with Crippen LogP contribution in [0.25, 0.3) is 0 Å². The van der Waals surface area contributed by atoms with Gasteiger partial charge in [0.25, 0.3) is 0 Å². The quantitative estimate of drug-likeness (QED) is 0.750. The number of halogens is 1. The van der Waals surface area contributed by atoms with Gasteiger partial charge in [0.2, 0.25) is 5.91 Å². The summed E-state index contributed by atoms with van der Waals surface area (Å²) in [5.41, 5.74) is -1.41. The molecule has 0 spiro atoms. The third kappa shape index (κ3) is 1.49. The van der Waals surface area contributed by atoms with Crippen LogP contribution in [0.3, 0.4) is 0 Å². The summed E-state index contributed by atoms with van der Waals surface area (Å²) >= 11 is 0. The molecule has 0 aromatic heterocycles. The maximum atomic E-state index is 13.4. The second kappa shape index (κ2) is 3.43. The van der Waals surface area contributed by atoms with Crippen LogP contribution in [0.15, 0.2) is 0 Å². The average Bonchev–Trinajstić information content (AvgIpc) is 2.90. The molecule has 2 aliphatic carbocycles. The van der Waals surface area contributed by atoms with Crippen LogP contribution in [0.5, 0.6) is 0 Å². The topological polar surface area (TPSA) is 66.4 Å². The van der Waals surface area contributed by atoms with Gasteiger partial charge in [-0.1, -0.05) is 13.8 Å². The lowest BCUT2D eigenvalue weighted by atomic mass is 9.92. The molecule has 0 saturated heterocycles. The third-order valence-corrected chi connectivity index (χ3v) is 3.46. The summed E-state index contributed by atoms with van der Waals surface area (Å²) in [6, 6.07) is 0. The van der Waals surface area contributed by atoms with Gasteiger partial charge in [0.15, 0.2) is 0 Å². The molecule has 0 bridgehead atoms. The Balaban J connectivity index is 2.18. The van der Waals surface area contributed by atoms with E-state index >= 15 is 0 Å². The predicted octanol–water partition coefficient (Wildman–Crippen LogP) is 0.774. The first-order valence-corrected chi connectivity index (χ1v) is 5.43. The highest BCUT2D eigenvalue weighted by Crippen LogP contribution is 2.57. The summed E-state index contributed by atoms with van der Waals surface area (Å²) in [4.78, 5) is 22.8. The molecule has 1 amide bonds. The van der Waals surface area contributed by atoms with E-state index in [4.69, 9.17) is 0 Å². The minimum Gasteiger partial charge on any atom is -0.479 e. The number of rotatable bonds is 3. The Labute approximate surface area is 93.2 Å². The first-order chi connectivity index (χ1) is 7.38. The van der Waals surface area contributed by atoms with E-state index in [-0.39, 0.29) is 30.1 Å². The Morgan fingerprint density at radius 1 is 1.56 bits per heavy atom. The number of carbonyl (C=O) groups excluding carboxylic acids is 1. The normalized spacial score (nSPS) is 40.6. The number of amides is 1. The van der Waals surface area contributed by atoms with Crippen molar-refractivity contribution in [2.24, 2.45) is 17.8 Å². The Morgan fingerprint density at radius 2 is 2.19 bits per heavy atom. The zero-order chi connectivity index (χ0) is 12.1. The lowest BCUT2D eigenvalue weighted by Crippen LogP contribution is -2.56. The van der Waals surface area contributed by atoms with Crippen LogP contribution in [0, 0.1) is 24.2 Å². The first-order valence-electron chi connectivity index (χ1n) is 5.43. The number of carboxylic acids is 1. The van der Waals surface area contributed by atoms with Crippen molar-refractivity contribution in [1.82, 2.24) is 5.32 Å². The average molecular weight is 228 g/mol. The van der Waals surface area contributed by atoms with E-state index in [1.165, 1.54) is 0 Å². The van der Waals surface area contributed by atoms with Crippen molar-refractivity contribution >= 4 is 11.9 Å². The Morgan fingerprint density at radius 3 is 2.50 bits per heavy atom. The van der Waals surface area contributed by atoms with Gasteiger partial charge in [0, 0.05) is 18.3 Å². The van der Waals surface area contributed by atoms with Crippen LogP contribution >= 0.6 is 0 Å². The maximum absolute atomic E-state index is 13.4. The molecule has 0 aromatic rings. The number of carbonyl (C=O) groups is 2. The van der Waals surface area contributed by atoms with E-state index in [2.05, 4.69) is 5.32 Å². The summed E-state index contributed by atoms with van der Waals surface area (Å²) in [5, 5.41) is 11.7. The molecule has 16 heavy (non-hydrogen) atoms. The fourth-order valence-electron chi connectivity index (χ4n) is 2.38. The van der Waals surface area contributed by atoms with Crippen molar-refractivity contribution < 1.29 is 19.1 Å². The SMILES string of the molecule is CC(C)C(=O)N[C@@]1(C(=O)O)C[C@@H](F)[C@H]2[CH][C@H]21. The largest absolute Gasteiger partial charge is 0.479 e. The van der Waals surface area contributed by atoms with Crippen molar-refractivity contribution in [3.63, 3.8) is 0 Å². The summed E-state index contributed by atoms with van der Waals surface area (Å²) in [5.74, 6) is -2.40. The molecule has 2 saturated carbocycles. The lowest BCUT2D eigenvalue weighted by molar-refractivity contribution is -0.149. The molecule has 0 aromatic carbocycles. The summed E-state index contributed by atoms with van der Waals surface area (Å²) in [6.07, 6.45) is 0.406. The number of hydrogen-bond donors (Lipinski definition) is 2. The van der Waals surface area contributed by atoms with E-state index in [1.54, 1.807) is 20.3 Å².